The van der Waals surface area contributed by atoms with E-state index in [1.165, 1.54) is 9.21 Å². The average molecular weight is 580 g/mol. The quantitative estimate of drug-likeness (QED) is 0.371. The Bertz CT molecular complexity index is 1480. The molecule has 3 aromatic carbocycles. The summed E-state index contributed by atoms with van der Waals surface area (Å²) in [6, 6.07) is 20.8. The van der Waals surface area contributed by atoms with Crippen molar-refractivity contribution < 1.29 is 27.8 Å². The highest BCUT2D eigenvalue weighted by Crippen LogP contribution is 2.34. The third-order valence-corrected chi connectivity index (χ3v) is 9.10. The van der Waals surface area contributed by atoms with Gasteiger partial charge in [-0.15, -0.1) is 0 Å². The van der Waals surface area contributed by atoms with Crippen LogP contribution in [-0.2, 0) is 10.0 Å². The molecule has 0 saturated heterocycles. The van der Waals surface area contributed by atoms with E-state index in [9.17, 15) is 18.3 Å². The molecule has 0 radical (unpaired) electrons. The van der Waals surface area contributed by atoms with Gasteiger partial charge in [0.05, 0.1) is 20.3 Å². The Morgan fingerprint density at radius 3 is 2.56 bits per heavy atom. The second kappa shape index (κ2) is 13.2. The minimum absolute atomic E-state index is 0.0232. The fraction of sp³-hybridized carbons (Fsp3) is 0.323. The van der Waals surface area contributed by atoms with Crippen molar-refractivity contribution in [3.63, 3.8) is 0 Å². The maximum atomic E-state index is 13.7. The van der Waals surface area contributed by atoms with Crippen LogP contribution in [0.1, 0.15) is 25.0 Å². The van der Waals surface area contributed by atoms with Crippen molar-refractivity contribution in [3.8, 4) is 11.5 Å². The summed E-state index contributed by atoms with van der Waals surface area (Å²) in [6.07, 6.45) is 3.30. The fourth-order valence-corrected chi connectivity index (χ4v) is 6.42. The molecule has 0 aromatic heterocycles. The number of aliphatic hydroxyl groups is 1. The van der Waals surface area contributed by atoms with Crippen molar-refractivity contribution in [1.29, 1.82) is 0 Å². The summed E-state index contributed by atoms with van der Waals surface area (Å²) in [7, 11) is -0.747. The molecular formula is C31H37N3O6S. The molecule has 0 unspecified atom stereocenters. The minimum atomic E-state index is -3.97. The van der Waals surface area contributed by atoms with E-state index in [1.54, 1.807) is 63.5 Å². The van der Waals surface area contributed by atoms with Crippen LogP contribution in [0.4, 0.5) is 10.5 Å². The van der Waals surface area contributed by atoms with Gasteiger partial charge in [-0.05, 0) is 42.3 Å². The molecule has 0 saturated carbocycles. The predicted molar refractivity (Wildman–Crippen MR) is 160 cm³/mol. The zero-order valence-corrected chi connectivity index (χ0v) is 24.5. The Kier molecular flexibility index (Phi) is 9.69. The summed E-state index contributed by atoms with van der Waals surface area (Å²) in [5.74, 6) is 0.520. The van der Waals surface area contributed by atoms with Gasteiger partial charge < -0.3 is 24.8 Å². The van der Waals surface area contributed by atoms with Crippen LogP contribution in [0.2, 0.25) is 0 Å². The number of nitrogens with zero attached hydrogens (tertiary/aromatic N) is 2. The first-order chi connectivity index (χ1) is 19.6. The van der Waals surface area contributed by atoms with Gasteiger partial charge in [-0.2, -0.15) is 4.31 Å². The smallest absolute Gasteiger partial charge is 0.321 e. The normalized spacial score (nSPS) is 19.3. The Morgan fingerprint density at radius 2 is 1.85 bits per heavy atom. The third kappa shape index (κ3) is 7.27. The van der Waals surface area contributed by atoms with Gasteiger partial charge in [0.15, 0.2) is 0 Å². The Hall–Kier alpha value is -3.86. The number of amides is 2. The maximum absolute atomic E-state index is 13.7. The van der Waals surface area contributed by atoms with Crippen LogP contribution in [0.5, 0.6) is 11.5 Å². The van der Waals surface area contributed by atoms with Crippen LogP contribution in [0.25, 0.3) is 12.2 Å². The third-order valence-electron chi connectivity index (χ3n) is 7.08. The van der Waals surface area contributed by atoms with Crippen LogP contribution in [0.3, 0.4) is 0 Å². The zero-order valence-electron chi connectivity index (χ0n) is 23.7. The van der Waals surface area contributed by atoms with Crippen molar-refractivity contribution in [2.75, 3.05) is 39.2 Å². The highest BCUT2D eigenvalue weighted by molar-refractivity contribution is 7.89. The number of fused-ring (bicyclic) bond motifs is 1. The van der Waals surface area contributed by atoms with E-state index >= 15 is 0 Å². The van der Waals surface area contributed by atoms with E-state index < -0.39 is 22.2 Å². The van der Waals surface area contributed by atoms with Gasteiger partial charge in [0.2, 0.25) is 10.0 Å². The van der Waals surface area contributed by atoms with Crippen molar-refractivity contribution in [2.45, 2.75) is 30.9 Å². The molecule has 3 aromatic rings. The topological polar surface area (TPSA) is 108 Å². The minimum Gasteiger partial charge on any atom is -0.497 e. The molecule has 41 heavy (non-hydrogen) atoms. The van der Waals surface area contributed by atoms with Gasteiger partial charge in [0.1, 0.15) is 22.5 Å². The molecule has 0 aliphatic carbocycles. The van der Waals surface area contributed by atoms with Crippen molar-refractivity contribution in [2.24, 2.45) is 5.92 Å². The Morgan fingerprint density at radius 1 is 1.12 bits per heavy atom. The first-order valence-electron chi connectivity index (χ1n) is 13.4. The maximum Gasteiger partial charge on any atom is 0.321 e. The van der Waals surface area contributed by atoms with Gasteiger partial charge in [0, 0.05) is 37.3 Å². The molecular weight excluding hydrogens is 542 g/mol. The number of carbonyl (C=O) groups is 1. The van der Waals surface area contributed by atoms with Crippen molar-refractivity contribution >= 4 is 33.9 Å². The SMILES string of the molecule is COc1cccc(NC(=O)N(C)C[C@@H]2Oc3cc(/C=C/c4ccccc4)ccc3S(=O)(=O)N([C@H](C)CO)C[C@@H]2C)c1. The molecule has 1 aliphatic heterocycles. The number of hydrogen-bond donors (Lipinski definition) is 2. The van der Waals surface area contributed by atoms with Crippen molar-refractivity contribution in [3.05, 3.63) is 83.9 Å². The predicted octanol–water partition coefficient (Wildman–Crippen LogP) is 4.80. The lowest BCUT2D eigenvalue weighted by atomic mass is 10.0. The lowest BCUT2D eigenvalue weighted by Crippen LogP contribution is -2.50. The molecule has 218 valence electrons. The first kappa shape index (κ1) is 30.1. The largest absolute Gasteiger partial charge is 0.497 e. The lowest BCUT2D eigenvalue weighted by molar-refractivity contribution is 0.0830. The monoisotopic (exact) mass is 579 g/mol. The van der Waals surface area contributed by atoms with Gasteiger partial charge in [-0.25, -0.2) is 13.2 Å². The number of anilines is 1. The van der Waals surface area contributed by atoms with Gasteiger partial charge in [0.25, 0.3) is 0 Å². The van der Waals surface area contributed by atoms with E-state index in [-0.39, 0.29) is 42.3 Å². The number of rotatable bonds is 8. The summed E-state index contributed by atoms with van der Waals surface area (Å²) < 4.78 is 40.4. The van der Waals surface area contributed by atoms with E-state index in [1.807, 2.05) is 49.4 Å². The van der Waals surface area contributed by atoms with E-state index in [0.29, 0.717) is 11.4 Å². The number of sulfonamides is 1. The van der Waals surface area contributed by atoms with Crippen LogP contribution in [0.15, 0.2) is 77.7 Å². The fourth-order valence-electron chi connectivity index (χ4n) is 4.59. The number of ether oxygens (including phenoxy) is 2. The lowest BCUT2D eigenvalue weighted by Gasteiger charge is -2.37. The second-order valence-corrected chi connectivity index (χ2v) is 12.1. The van der Waals surface area contributed by atoms with Crippen LogP contribution < -0.4 is 14.8 Å². The Balaban J connectivity index is 1.64. The highest BCUT2D eigenvalue weighted by atomic mass is 32.2. The van der Waals surface area contributed by atoms with Gasteiger partial charge >= 0.3 is 6.03 Å². The highest BCUT2D eigenvalue weighted by Gasteiger charge is 2.38. The number of aliphatic hydroxyl groups excluding tert-OH is 1. The first-order valence-corrected chi connectivity index (χ1v) is 14.9. The van der Waals surface area contributed by atoms with E-state index in [0.717, 1.165) is 11.1 Å². The number of likely N-dealkylation sites (N-methyl/N-ethyl adjacent to an activating group) is 1. The number of hydrogen-bond acceptors (Lipinski definition) is 6. The standard InChI is InChI=1S/C31H37N3O6S/c1-22-19-34(23(2)21-35)41(37,38)30-16-15-25(14-13-24-9-6-5-7-10-24)17-28(30)40-29(22)20-33(3)31(36)32-26-11-8-12-27(18-26)39-4/h5-18,22-23,29,35H,19-21H2,1-4H3,(H,32,36)/b14-13+/t22-,23+,29-/m0/s1. The number of benzene rings is 3. The molecule has 9 nitrogen and oxygen atoms in total. The molecule has 2 amide bonds. The number of nitrogens with one attached hydrogen (secondary N) is 1. The number of carbonyl (C=O) groups excluding carboxylic acids is 1. The Labute approximate surface area is 242 Å². The van der Waals surface area contributed by atoms with Crippen molar-refractivity contribution in [1.82, 2.24) is 9.21 Å². The molecule has 4 rings (SSSR count). The van der Waals surface area contributed by atoms with Gasteiger partial charge in [-0.3, -0.25) is 0 Å². The summed E-state index contributed by atoms with van der Waals surface area (Å²) in [5, 5.41) is 12.7. The summed E-state index contributed by atoms with van der Waals surface area (Å²) in [5.41, 5.74) is 2.36. The van der Waals surface area contributed by atoms with Crippen LogP contribution in [0, 0.1) is 5.92 Å². The molecule has 1 aliphatic rings. The summed E-state index contributed by atoms with van der Waals surface area (Å²) in [6.45, 7) is 3.55. The number of methoxy groups -OCH3 is 1. The van der Waals surface area contributed by atoms with Crippen LogP contribution >= 0.6 is 0 Å². The molecule has 0 spiro atoms. The molecule has 0 fully saturated rings. The van der Waals surface area contributed by atoms with E-state index in [4.69, 9.17) is 9.47 Å². The van der Waals surface area contributed by atoms with E-state index in [2.05, 4.69) is 5.32 Å². The number of urea groups is 1. The molecule has 3 atom stereocenters. The summed E-state index contributed by atoms with van der Waals surface area (Å²) >= 11 is 0. The molecule has 0 bridgehead atoms. The van der Waals surface area contributed by atoms with Crippen LogP contribution in [-0.4, -0.2) is 74.8 Å². The summed E-state index contributed by atoms with van der Waals surface area (Å²) in [4.78, 5) is 14.6. The van der Waals surface area contributed by atoms with Gasteiger partial charge in [-0.1, -0.05) is 61.5 Å². The zero-order chi connectivity index (χ0) is 29.6. The molecule has 10 heteroatoms. The second-order valence-electron chi connectivity index (χ2n) is 10.2. The average Bonchev–Trinajstić information content (AvgIpc) is 2.97. The molecule has 1 heterocycles. The molecule has 2 N–H and O–H groups in total.